The number of alkyl halides is 1. The zero-order valence-electron chi connectivity index (χ0n) is 35.2. The van der Waals surface area contributed by atoms with Gasteiger partial charge in [-0.15, -0.1) is 0 Å². The van der Waals surface area contributed by atoms with Crippen LogP contribution >= 0.6 is 15.9 Å². The summed E-state index contributed by atoms with van der Waals surface area (Å²) in [7, 11) is 0. The molecule has 9 rings (SSSR count). The lowest BCUT2D eigenvalue weighted by Crippen LogP contribution is -2.61. The molecule has 13 heteroatoms. The molecule has 0 amide bonds. The summed E-state index contributed by atoms with van der Waals surface area (Å²) in [6.07, 6.45) is 6.39. The second-order valence-corrected chi connectivity index (χ2v) is 21.7. The highest BCUT2D eigenvalue weighted by Crippen LogP contribution is 2.69. The first-order valence-corrected chi connectivity index (χ1v) is 23.4. The van der Waals surface area contributed by atoms with E-state index < -0.39 is 57.3 Å². The smallest absolute Gasteiger partial charge is 0.159 e. The number of halogens is 1. The van der Waals surface area contributed by atoms with Crippen LogP contribution in [0, 0.1) is 57.2 Å². The number of carbonyl (C=O) groups excluding carboxylic acids is 4. The number of aliphatic hydroxyl groups excluding tert-OH is 4. The minimum Gasteiger partial charge on any atom is -0.390 e. The first-order valence-electron chi connectivity index (χ1n) is 22.3. The molecule has 0 bridgehead atoms. The Morgan fingerprint density at radius 2 is 1.08 bits per heavy atom. The highest BCUT2D eigenvalue weighted by molar-refractivity contribution is 9.09. The number of carbonyl (C=O) groups is 4. The zero-order chi connectivity index (χ0) is 42.7. The van der Waals surface area contributed by atoms with Crippen molar-refractivity contribution in [3.63, 3.8) is 0 Å². The number of aliphatic hydroxyl groups is 6. The van der Waals surface area contributed by atoms with E-state index >= 15 is 0 Å². The molecule has 9 aliphatic rings. The molecule has 0 spiro atoms. The van der Waals surface area contributed by atoms with Gasteiger partial charge in [0.15, 0.2) is 17.3 Å². The molecule has 0 aromatic rings. The Kier molecular flexibility index (Phi) is 11.4. The van der Waals surface area contributed by atoms with Crippen LogP contribution in [0.25, 0.3) is 0 Å². The molecule has 2 unspecified atom stereocenters. The molecule has 1 heterocycles. The lowest BCUT2D eigenvalue weighted by molar-refractivity contribution is -0.155. The van der Waals surface area contributed by atoms with Crippen molar-refractivity contribution in [2.45, 2.75) is 140 Å². The summed E-state index contributed by atoms with van der Waals surface area (Å²) >= 11 is 3.28. The first-order chi connectivity index (χ1) is 27.7. The second-order valence-electron chi connectivity index (χ2n) is 21.1. The molecule has 6 N–H and O–H groups in total. The van der Waals surface area contributed by atoms with Gasteiger partial charge in [0.25, 0.3) is 0 Å². The third-order valence-corrected chi connectivity index (χ3v) is 19.2. The van der Waals surface area contributed by atoms with E-state index in [1.54, 1.807) is 12.2 Å². The van der Waals surface area contributed by atoms with Crippen LogP contribution in [0.3, 0.4) is 0 Å². The van der Waals surface area contributed by atoms with Gasteiger partial charge >= 0.3 is 0 Å². The number of hydrogen-bond acceptors (Lipinski definition) is 12. The Hall–Kier alpha value is -1.68. The zero-order valence-corrected chi connectivity index (χ0v) is 36.8. The van der Waals surface area contributed by atoms with Gasteiger partial charge in [0.05, 0.1) is 60.7 Å². The molecular formula is C46H66BrNO11. The minimum atomic E-state index is -1.17. The predicted octanol–water partition coefficient (Wildman–Crippen LogP) is 3.25. The van der Waals surface area contributed by atoms with Gasteiger partial charge in [0.2, 0.25) is 0 Å². The van der Waals surface area contributed by atoms with E-state index in [0.29, 0.717) is 58.3 Å². The van der Waals surface area contributed by atoms with E-state index in [4.69, 9.17) is 4.74 Å². The normalized spacial score (nSPS) is 50.4. The lowest BCUT2D eigenvalue weighted by Gasteiger charge is -2.59. The number of ketones is 4. The van der Waals surface area contributed by atoms with Crippen molar-refractivity contribution in [2.24, 2.45) is 57.2 Å². The molecule has 7 fully saturated rings. The molecule has 59 heavy (non-hydrogen) atoms. The number of Topliss-reactive ketones (excluding diaryl/α,β-unsaturated/α-hetero) is 2. The summed E-state index contributed by atoms with van der Waals surface area (Å²) in [5, 5.41) is 65.3. The van der Waals surface area contributed by atoms with Crippen molar-refractivity contribution in [1.29, 1.82) is 0 Å². The van der Waals surface area contributed by atoms with Crippen molar-refractivity contribution in [3.8, 4) is 0 Å². The number of morpholine rings is 1. The standard InChI is InChI=1S/C25H37NO6.C21H29BrO5/c1-23-13-21(29)20(28)12-18(23)19(27)11-17-15(23)3-5-24(2)16(4-6-25(17,24)31)22(30)14-26-7-9-32-10-8-26;1-19-9-17(25)16(24)8-14(19)15(23)7-13-11(19)3-5-20(2)12(18(26)10-22)4-6-21(13,20)27/h11,15-16,18,20-21,28-29,31H,3-10,12-14H2,1-2H3;7,11-12,14,16-17,24-25,27H,3-6,8-10H2,1-2H3/t15?,16-,18+,20-,21+,23-,24-,25-;11?,12-,14+,16-,17+,19-,20-,21-/m11/s1. The number of fused-ring (bicyclic) bond motifs is 10. The largest absolute Gasteiger partial charge is 0.390 e. The van der Waals surface area contributed by atoms with E-state index in [9.17, 15) is 49.8 Å². The summed E-state index contributed by atoms with van der Waals surface area (Å²) in [5.74, 6) is -0.895. The third-order valence-electron chi connectivity index (χ3n) is 18.6. The maximum atomic E-state index is 13.4. The summed E-state index contributed by atoms with van der Waals surface area (Å²) in [5.41, 5.74) is -2.87. The third kappa shape index (κ3) is 6.47. The molecule has 0 aromatic heterocycles. The number of allylic oxidation sites excluding steroid dienone is 2. The van der Waals surface area contributed by atoms with Crippen LogP contribution in [0.15, 0.2) is 23.3 Å². The van der Waals surface area contributed by atoms with Crippen molar-refractivity contribution in [3.05, 3.63) is 23.3 Å². The summed E-state index contributed by atoms with van der Waals surface area (Å²) < 4.78 is 5.40. The lowest BCUT2D eigenvalue weighted by atomic mass is 9.46. The van der Waals surface area contributed by atoms with Gasteiger partial charge in [-0.25, -0.2) is 0 Å². The van der Waals surface area contributed by atoms with Crippen LogP contribution in [0.4, 0.5) is 0 Å². The van der Waals surface area contributed by atoms with E-state index in [1.165, 1.54) is 0 Å². The second kappa shape index (κ2) is 15.2. The Bertz CT molecular complexity index is 1810. The first kappa shape index (κ1) is 43.9. The van der Waals surface area contributed by atoms with Crippen LogP contribution in [-0.2, 0) is 23.9 Å². The van der Waals surface area contributed by atoms with E-state index in [-0.39, 0.29) is 76.8 Å². The van der Waals surface area contributed by atoms with Crippen molar-refractivity contribution in [2.75, 3.05) is 38.2 Å². The van der Waals surface area contributed by atoms with Crippen molar-refractivity contribution >= 4 is 39.1 Å². The van der Waals surface area contributed by atoms with E-state index in [0.717, 1.165) is 49.9 Å². The average Bonchev–Trinajstić information content (AvgIpc) is 3.63. The maximum absolute atomic E-state index is 13.4. The molecule has 16 atom stereocenters. The van der Waals surface area contributed by atoms with Crippen LogP contribution in [-0.4, -0.2) is 132 Å². The number of rotatable bonds is 5. The molecular weight excluding hydrogens is 822 g/mol. The van der Waals surface area contributed by atoms with Gasteiger partial charge in [-0.05, 0) is 123 Å². The molecule has 12 nitrogen and oxygen atoms in total. The SMILES string of the molecule is C[C@]12C[C@H](O)[C@H](O)C[C@H]1C(=O)C=C1C2CC[C@]2(C)[C@@H](C(=O)CBr)CC[C@@]12O.C[C@]12C[C@H](O)[C@H](O)C[C@H]1C(=O)C=C1C2CC[C@]2(C)[C@@H](C(=O)CN3CCOCC3)CC[C@@]12O. The van der Waals surface area contributed by atoms with E-state index in [1.807, 2.05) is 27.7 Å². The van der Waals surface area contributed by atoms with Crippen molar-refractivity contribution < 1.29 is 54.6 Å². The Morgan fingerprint density at radius 3 is 1.51 bits per heavy atom. The Labute approximate surface area is 356 Å². The molecule has 328 valence electrons. The Balaban J connectivity index is 0.000000167. The topological polar surface area (TPSA) is 202 Å². The fourth-order valence-corrected chi connectivity index (χ4v) is 15.3. The van der Waals surface area contributed by atoms with Crippen molar-refractivity contribution in [1.82, 2.24) is 4.90 Å². The van der Waals surface area contributed by atoms with Gasteiger partial charge in [-0.2, -0.15) is 0 Å². The van der Waals surface area contributed by atoms with Gasteiger partial charge in [0, 0.05) is 47.6 Å². The highest BCUT2D eigenvalue weighted by Gasteiger charge is 2.69. The molecule has 8 aliphatic carbocycles. The number of nitrogens with zero attached hydrogens (tertiary/aromatic N) is 1. The summed E-state index contributed by atoms with van der Waals surface area (Å²) in [6, 6.07) is 0. The minimum absolute atomic E-state index is 0.00162. The fourth-order valence-electron chi connectivity index (χ4n) is 15.0. The molecule has 0 aromatic carbocycles. The predicted molar refractivity (Wildman–Crippen MR) is 220 cm³/mol. The van der Waals surface area contributed by atoms with E-state index in [2.05, 4.69) is 20.8 Å². The van der Waals surface area contributed by atoms with Gasteiger partial charge in [-0.3, -0.25) is 24.1 Å². The monoisotopic (exact) mass is 887 g/mol. The van der Waals surface area contributed by atoms with Crippen LogP contribution in [0.5, 0.6) is 0 Å². The number of ether oxygens (including phenoxy) is 1. The molecule has 6 saturated carbocycles. The molecule has 1 aliphatic heterocycles. The van der Waals surface area contributed by atoms with Crippen LogP contribution < -0.4 is 0 Å². The summed E-state index contributed by atoms with van der Waals surface area (Å²) in [4.78, 5) is 54.2. The quantitative estimate of drug-likeness (QED) is 0.221. The van der Waals surface area contributed by atoms with Gasteiger partial charge < -0.3 is 35.4 Å². The molecule has 1 saturated heterocycles. The Morgan fingerprint density at radius 1 is 0.661 bits per heavy atom. The number of hydrogen-bond donors (Lipinski definition) is 6. The van der Waals surface area contributed by atoms with Gasteiger partial charge in [-0.1, -0.05) is 43.6 Å². The average molecular weight is 889 g/mol. The molecule has 0 radical (unpaired) electrons. The highest BCUT2D eigenvalue weighted by atomic mass is 79.9. The maximum Gasteiger partial charge on any atom is 0.159 e. The summed E-state index contributed by atoms with van der Waals surface area (Å²) in [6.45, 7) is 11.3. The fraction of sp³-hybridized carbons (Fsp3) is 0.826. The van der Waals surface area contributed by atoms with Gasteiger partial charge in [0.1, 0.15) is 5.78 Å². The van der Waals surface area contributed by atoms with Crippen LogP contribution in [0.2, 0.25) is 0 Å². The van der Waals surface area contributed by atoms with Crippen LogP contribution in [0.1, 0.15) is 105 Å².